The third kappa shape index (κ3) is 2.26. The summed E-state index contributed by atoms with van der Waals surface area (Å²) in [5.74, 6) is 0. The third-order valence-electron chi connectivity index (χ3n) is 4.48. The highest BCUT2D eigenvalue weighted by Gasteiger charge is 2.25. The maximum atomic E-state index is 6.23. The Kier molecular flexibility index (Phi) is 3.32. The molecule has 0 fully saturated rings. The van der Waals surface area contributed by atoms with E-state index in [4.69, 9.17) is 4.42 Å². The Morgan fingerprint density at radius 3 is 2.42 bits per heavy atom. The van der Waals surface area contributed by atoms with Crippen molar-refractivity contribution in [1.29, 1.82) is 0 Å². The van der Waals surface area contributed by atoms with E-state index in [2.05, 4.69) is 54.7 Å². The van der Waals surface area contributed by atoms with Gasteiger partial charge in [-0.2, -0.15) is 0 Å². The summed E-state index contributed by atoms with van der Waals surface area (Å²) in [6.45, 7) is 9.23. The number of fused-ring (bicyclic) bond motifs is 3. The second-order valence-electron chi connectivity index (χ2n) is 7.24. The van der Waals surface area contributed by atoms with E-state index in [-0.39, 0.29) is 0 Å². The summed E-state index contributed by atoms with van der Waals surface area (Å²) < 4.78 is 6.23. The van der Waals surface area contributed by atoms with Crippen LogP contribution in [-0.2, 0) is 0 Å². The Morgan fingerprint density at radius 1 is 0.875 bits per heavy atom. The van der Waals surface area contributed by atoms with Crippen molar-refractivity contribution in [2.75, 3.05) is 0 Å². The van der Waals surface area contributed by atoms with Gasteiger partial charge in [0, 0.05) is 23.3 Å². The smallest absolute Gasteiger partial charge is 0.227 e. The molecule has 24 heavy (non-hydrogen) atoms. The molecule has 0 aliphatic heterocycles. The minimum atomic E-state index is -1.53. The van der Waals surface area contributed by atoms with Gasteiger partial charge in [-0.1, -0.05) is 31.8 Å². The summed E-state index contributed by atoms with van der Waals surface area (Å²) >= 11 is 0. The Bertz CT molecular complexity index is 1050. The van der Waals surface area contributed by atoms with Crippen LogP contribution in [0.4, 0.5) is 0 Å². The molecule has 0 atom stereocenters. The fourth-order valence-corrected chi connectivity index (χ4v) is 4.87. The normalized spacial score (nSPS) is 12.2. The van der Waals surface area contributed by atoms with Gasteiger partial charge in [0.15, 0.2) is 0 Å². The molecular weight excluding hydrogens is 312 g/mol. The largest absolute Gasteiger partial charge is 0.437 e. The van der Waals surface area contributed by atoms with Crippen LogP contribution in [0, 0.1) is 6.92 Å². The number of rotatable bonds is 2. The zero-order chi connectivity index (χ0) is 16.9. The van der Waals surface area contributed by atoms with E-state index in [1.165, 1.54) is 16.1 Å². The molecule has 0 spiro atoms. The zero-order valence-electron chi connectivity index (χ0n) is 14.4. The fraction of sp³-hybridized carbons (Fsp3) is 0.200. The molecule has 1 aromatic carbocycles. The predicted octanol–water partition coefficient (Wildman–Crippen LogP) is 4.90. The Morgan fingerprint density at radius 2 is 1.71 bits per heavy atom. The summed E-state index contributed by atoms with van der Waals surface area (Å²) in [6, 6.07) is 12.4. The number of benzene rings is 1. The van der Waals surface area contributed by atoms with Crippen molar-refractivity contribution in [2.24, 2.45) is 0 Å². The Labute approximate surface area is 142 Å². The average molecular weight is 332 g/mol. The summed E-state index contributed by atoms with van der Waals surface area (Å²) in [7, 11) is -1.53. The minimum absolute atomic E-state index is 0.716. The minimum Gasteiger partial charge on any atom is -0.437 e. The quantitative estimate of drug-likeness (QED) is 0.490. The van der Waals surface area contributed by atoms with Crippen LogP contribution < -0.4 is 5.19 Å². The van der Waals surface area contributed by atoms with Crippen molar-refractivity contribution in [3.8, 4) is 11.3 Å². The Balaban J connectivity index is 2.20. The molecule has 0 saturated carbocycles. The molecule has 0 bridgehead atoms. The van der Waals surface area contributed by atoms with Gasteiger partial charge in [0.2, 0.25) is 5.71 Å². The molecular formula is C20H20N2OSi. The molecule has 3 aromatic heterocycles. The maximum absolute atomic E-state index is 6.23. The van der Waals surface area contributed by atoms with Gasteiger partial charge in [-0.25, -0.2) is 4.98 Å². The molecule has 0 radical (unpaired) electrons. The van der Waals surface area contributed by atoms with E-state index >= 15 is 0 Å². The SMILES string of the molecule is Cc1ccnc2oc3c(-c4ccccn4)ccc([Si](C)(C)C)c3c12. The number of pyridine rings is 2. The predicted molar refractivity (Wildman–Crippen MR) is 102 cm³/mol. The molecule has 4 aromatic rings. The van der Waals surface area contributed by atoms with Crippen molar-refractivity contribution in [3.05, 3.63) is 54.4 Å². The van der Waals surface area contributed by atoms with Crippen LogP contribution in [-0.4, -0.2) is 18.0 Å². The number of hydrogen-bond acceptors (Lipinski definition) is 3. The zero-order valence-corrected chi connectivity index (χ0v) is 15.4. The van der Waals surface area contributed by atoms with Gasteiger partial charge in [0.1, 0.15) is 5.58 Å². The summed E-state index contributed by atoms with van der Waals surface area (Å²) in [5, 5.41) is 3.77. The van der Waals surface area contributed by atoms with Gasteiger partial charge in [0.05, 0.1) is 19.2 Å². The first kappa shape index (κ1) is 15.1. The van der Waals surface area contributed by atoms with E-state index < -0.39 is 8.07 Å². The van der Waals surface area contributed by atoms with Crippen LogP contribution in [0.25, 0.3) is 33.3 Å². The average Bonchev–Trinajstić information content (AvgIpc) is 2.94. The van der Waals surface area contributed by atoms with Gasteiger partial charge in [-0.3, -0.25) is 4.98 Å². The van der Waals surface area contributed by atoms with Crippen LogP contribution in [0.3, 0.4) is 0 Å². The summed E-state index contributed by atoms with van der Waals surface area (Å²) in [4.78, 5) is 8.98. The number of aryl methyl sites for hydroxylation is 1. The van der Waals surface area contributed by atoms with Crippen molar-refractivity contribution in [1.82, 2.24) is 9.97 Å². The lowest BCUT2D eigenvalue weighted by Gasteiger charge is -2.19. The molecule has 0 saturated heterocycles. The van der Waals surface area contributed by atoms with E-state index in [0.29, 0.717) is 5.71 Å². The number of aromatic nitrogens is 2. The molecule has 0 aliphatic carbocycles. The second-order valence-corrected chi connectivity index (χ2v) is 12.3. The second kappa shape index (κ2) is 5.28. The van der Waals surface area contributed by atoms with E-state index in [1.54, 1.807) is 0 Å². The van der Waals surface area contributed by atoms with Crippen molar-refractivity contribution >= 4 is 35.3 Å². The standard InChI is InChI=1S/C20H20N2OSi/c1-13-10-12-22-20-17(13)18-16(24(2,3)4)9-8-14(19(18)23-20)15-7-5-6-11-21-15/h5-12H,1-4H3. The van der Waals surface area contributed by atoms with Crippen molar-refractivity contribution in [3.63, 3.8) is 0 Å². The first-order valence-corrected chi connectivity index (χ1v) is 11.7. The van der Waals surface area contributed by atoms with E-state index in [1.807, 2.05) is 30.6 Å². The highest BCUT2D eigenvalue weighted by molar-refractivity contribution is 6.90. The van der Waals surface area contributed by atoms with Crippen LogP contribution in [0.15, 0.2) is 53.2 Å². The van der Waals surface area contributed by atoms with Crippen molar-refractivity contribution in [2.45, 2.75) is 26.6 Å². The van der Waals surface area contributed by atoms with Crippen LogP contribution in [0.1, 0.15) is 5.56 Å². The lowest BCUT2D eigenvalue weighted by molar-refractivity contribution is 0.655. The number of nitrogens with zero attached hydrogens (tertiary/aromatic N) is 2. The molecule has 0 unspecified atom stereocenters. The molecule has 4 heteroatoms. The summed E-state index contributed by atoms with van der Waals surface area (Å²) in [5.41, 5.74) is 4.79. The fourth-order valence-electron chi connectivity index (χ4n) is 3.30. The third-order valence-corrected chi connectivity index (χ3v) is 6.51. The topological polar surface area (TPSA) is 38.9 Å². The molecule has 3 heterocycles. The van der Waals surface area contributed by atoms with Gasteiger partial charge >= 0.3 is 0 Å². The first-order chi connectivity index (χ1) is 11.5. The first-order valence-electron chi connectivity index (χ1n) is 8.19. The summed E-state index contributed by atoms with van der Waals surface area (Å²) in [6.07, 6.45) is 3.63. The molecule has 4 rings (SSSR count). The van der Waals surface area contributed by atoms with E-state index in [0.717, 1.165) is 22.2 Å². The molecule has 0 N–H and O–H groups in total. The molecule has 3 nitrogen and oxygen atoms in total. The number of hydrogen-bond donors (Lipinski definition) is 0. The van der Waals surface area contributed by atoms with Crippen LogP contribution in [0.2, 0.25) is 19.6 Å². The van der Waals surface area contributed by atoms with E-state index in [9.17, 15) is 0 Å². The Hall–Kier alpha value is -2.46. The monoisotopic (exact) mass is 332 g/mol. The molecule has 120 valence electrons. The van der Waals surface area contributed by atoms with Crippen LogP contribution in [0.5, 0.6) is 0 Å². The molecule has 0 aliphatic rings. The highest BCUT2D eigenvalue weighted by Crippen LogP contribution is 2.35. The van der Waals surface area contributed by atoms with Gasteiger partial charge < -0.3 is 4.42 Å². The van der Waals surface area contributed by atoms with Crippen molar-refractivity contribution < 1.29 is 4.42 Å². The number of furan rings is 1. The lowest BCUT2D eigenvalue weighted by Crippen LogP contribution is -2.38. The van der Waals surface area contributed by atoms with Gasteiger partial charge in [0.25, 0.3) is 0 Å². The van der Waals surface area contributed by atoms with Gasteiger partial charge in [-0.05, 0) is 41.9 Å². The lowest BCUT2D eigenvalue weighted by atomic mass is 10.0. The van der Waals surface area contributed by atoms with Gasteiger partial charge in [-0.15, -0.1) is 0 Å². The maximum Gasteiger partial charge on any atom is 0.227 e. The molecule has 0 amide bonds. The highest BCUT2D eigenvalue weighted by atomic mass is 28.3. The van der Waals surface area contributed by atoms with Crippen LogP contribution >= 0.6 is 0 Å².